The van der Waals surface area contributed by atoms with E-state index in [1.165, 1.54) is 5.56 Å². The smallest absolute Gasteiger partial charge is 0.231 e. The maximum atomic E-state index is 5.23. The summed E-state index contributed by atoms with van der Waals surface area (Å²) in [4.78, 5) is 0. The van der Waals surface area contributed by atoms with Crippen LogP contribution in [-0.4, -0.2) is 6.79 Å². The monoisotopic (exact) mass is 202 g/mol. The molecule has 1 aromatic rings. The molecule has 0 bridgehead atoms. The van der Waals surface area contributed by atoms with Gasteiger partial charge in [-0.15, -0.1) is 12.3 Å². The third kappa shape index (κ3) is 3.04. The predicted octanol–water partition coefficient (Wildman–Crippen LogP) is 3.10. The lowest BCUT2D eigenvalue weighted by atomic mass is 10.1. The van der Waals surface area contributed by atoms with Crippen molar-refractivity contribution < 1.29 is 9.47 Å². The zero-order valence-electron chi connectivity index (χ0n) is 8.66. The molecule has 0 spiro atoms. The first-order valence-electron chi connectivity index (χ1n) is 4.60. The summed E-state index contributed by atoms with van der Waals surface area (Å²) < 4.78 is 10.4. The summed E-state index contributed by atoms with van der Waals surface area (Å²) in [5, 5.41) is 0. The topological polar surface area (TPSA) is 18.5 Å². The minimum absolute atomic E-state index is 0.340. The molecule has 0 aromatic heterocycles. The number of hydrogen-bond acceptors (Lipinski definition) is 2. The highest BCUT2D eigenvalue weighted by atomic mass is 16.7. The minimum atomic E-state index is 0.340. The summed E-state index contributed by atoms with van der Waals surface area (Å²) in [5.74, 6) is 1.68. The Kier molecular flexibility index (Phi) is 4.27. The second-order valence-corrected chi connectivity index (χ2v) is 2.93. The first-order valence-corrected chi connectivity index (χ1v) is 4.60. The molecule has 78 valence electrons. The quantitative estimate of drug-likeness (QED) is 0.542. The Labute approximate surface area is 90.1 Å². The Morgan fingerprint density at radius 1 is 1.27 bits per heavy atom. The van der Waals surface area contributed by atoms with E-state index in [0.29, 0.717) is 6.79 Å². The molecule has 0 atom stereocenters. The van der Waals surface area contributed by atoms with Crippen LogP contribution in [0.1, 0.15) is 5.56 Å². The highest BCUT2D eigenvalue weighted by Gasteiger charge is 2.12. The molecule has 0 radical (unpaired) electrons. The zero-order chi connectivity index (χ0) is 11.1. The first kappa shape index (κ1) is 11.2. The van der Waals surface area contributed by atoms with Gasteiger partial charge in [-0.05, 0) is 24.1 Å². The van der Waals surface area contributed by atoms with Gasteiger partial charge in [0.25, 0.3) is 0 Å². The van der Waals surface area contributed by atoms with E-state index in [4.69, 9.17) is 9.47 Å². The number of rotatable bonds is 2. The molecule has 0 saturated carbocycles. The molecule has 2 nitrogen and oxygen atoms in total. The number of hydrogen-bond donors (Lipinski definition) is 0. The van der Waals surface area contributed by atoms with Crippen LogP contribution in [-0.2, 0) is 6.42 Å². The van der Waals surface area contributed by atoms with Gasteiger partial charge in [-0.2, -0.15) is 0 Å². The molecule has 2 rings (SSSR count). The molecule has 1 aliphatic rings. The molecule has 0 saturated heterocycles. The van der Waals surface area contributed by atoms with E-state index < -0.39 is 0 Å². The summed E-state index contributed by atoms with van der Waals surface area (Å²) in [6, 6.07) is 5.94. The summed E-state index contributed by atoms with van der Waals surface area (Å²) in [7, 11) is 0. The van der Waals surface area contributed by atoms with Crippen LogP contribution in [0.5, 0.6) is 11.5 Å². The standard InChI is InChI=1S/C10H10O2.C3H4/c1-2-3-8-4-5-9-10(6-8)12-7-11-9;1-3-2/h2,4-6H,1,3,7H2;1-2H2. The van der Waals surface area contributed by atoms with Crippen molar-refractivity contribution in [2.24, 2.45) is 0 Å². The number of ether oxygens (including phenoxy) is 2. The molecule has 15 heavy (non-hydrogen) atoms. The molecular weight excluding hydrogens is 188 g/mol. The van der Waals surface area contributed by atoms with Crippen LogP contribution in [0, 0.1) is 0 Å². The molecule has 1 heterocycles. The largest absolute Gasteiger partial charge is 0.454 e. The molecule has 2 heteroatoms. The Balaban J connectivity index is 0.000000337. The Morgan fingerprint density at radius 3 is 2.60 bits per heavy atom. The van der Waals surface area contributed by atoms with Crippen molar-refractivity contribution in [2.75, 3.05) is 6.79 Å². The fourth-order valence-electron chi connectivity index (χ4n) is 1.23. The van der Waals surface area contributed by atoms with Gasteiger partial charge in [0.05, 0.1) is 0 Å². The maximum absolute atomic E-state index is 5.23. The summed E-state index contributed by atoms with van der Waals surface area (Å²) in [5.41, 5.74) is 3.45. The van der Waals surface area contributed by atoms with Crippen molar-refractivity contribution in [1.29, 1.82) is 0 Å². The van der Waals surface area contributed by atoms with Gasteiger partial charge in [0.15, 0.2) is 11.5 Å². The van der Waals surface area contributed by atoms with Crippen molar-refractivity contribution in [3.05, 3.63) is 55.3 Å². The molecule has 0 fully saturated rings. The molecule has 0 unspecified atom stereocenters. The number of allylic oxidation sites excluding steroid dienone is 1. The van der Waals surface area contributed by atoms with Gasteiger partial charge < -0.3 is 9.47 Å². The van der Waals surface area contributed by atoms with Gasteiger partial charge in [0.2, 0.25) is 6.79 Å². The SMILES string of the molecule is C=C=C.C=CCc1ccc2c(c1)OCO2. The van der Waals surface area contributed by atoms with Gasteiger partial charge in [0.1, 0.15) is 0 Å². The van der Waals surface area contributed by atoms with Crippen LogP contribution in [0.25, 0.3) is 0 Å². The predicted molar refractivity (Wildman–Crippen MR) is 61.2 cm³/mol. The molecule has 0 N–H and O–H groups in total. The van der Waals surface area contributed by atoms with E-state index in [9.17, 15) is 0 Å². The van der Waals surface area contributed by atoms with Gasteiger partial charge in [0, 0.05) is 0 Å². The third-order valence-corrected chi connectivity index (χ3v) is 1.82. The van der Waals surface area contributed by atoms with Crippen LogP contribution in [0.2, 0.25) is 0 Å². The van der Waals surface area contributed by atoms with Crippen LogP contribution in [0.3, 0.4) is 0 Å². The fraction of sp³-hybridized carbons (Fsp3) is 0.154. The lowest BCUT2D eigenvalue weighted by Crippen LogP contribution is -1.92. The van der Waals surface area contributed by atoms with Gasteiger partial charge in [-0.25, -0.2) is 0 Å². The van der Waals surface area contributed by atoms with Gasteiger partial charge in [-0.1, -0.05) is 25.3 Å². The van der Waals surface area contributed by atoms with E-state index in [2.05, 4.69) is 25.5 Å². The van der Waals surface area contributed by atoms with Crippen LogP contribution >= 0.6 is 0 Å². The van der Waals surface area contributed by atoms with Gasteiger partial charge >= 0.3 is 0 Å². The molecule has 1 aromatic carbocycles. The minimum Gasteiger partial charge on any atom is -0.454 e. The number of benzene rings is 1. The van der Waals surface area contributed by atoms with E-state index in [1.807, 2.05) is 24.3 Å². The molecule has 0 amide bonds. The lowest BCUT2D eigenvalue weighted by molar-refractivity contribution is 0.174. The van der Waals surface area contributed by atoms with Crippen molar-refractivity contribution >= 4 is 0 Å². The second-order valence-electron chi connectivity index (χ2n) is 2.93. The van der Waals surface area contributed by atoms with E-state index in [0.717, 1.165) is 17.9 Å². The fourth-order valence-corrected chi connectivity index (χ4v) is 1.23. The second kappa shape index (κ2) is 5.74. The van der Waals surface area contributed by atoms with Crippen molar-refractivity contribution in [1.82, 2.24) is 0 Å². The van der Waals surface area contributed by atoms with Crippen molar-refractivity contribution in [3.63, 3.8) is 0 Å². The van der Waals surface area contributed by atoms with E-state index in [1.54, 1.807) is 0 Å². The Hall–Kier alpha value is -1.92. The van der Waals surface area contributed by atoms with Crippen LogP contribution in [0.4, 0.5) is 0 Å². The van der Waals surface area contributed by atoms with Crippen molar-refractivity contribution in [3.8, 4) is 11.5 Å². The maximum Gasteiger partial charge on any atom is 0.231 e. The highest BCUT2D eigenvalue weighted by Crippen LogP contribution is 2.32. The third-order valence-electron chi connectivity index (χ3n) is 1.82. The average Bonchev–Trinajstić information content (AvgIpc) is 2.66. The summed E-state index contributed by atoms with van der Waals surface area (Å²) in [6.07, 6.45) is 2.74. The van der Waals surface area contributed by atoms with E-state index in [-0.39, 0.29) is 0 Å². The molecular formula is C13H14O2. The van der Waals surface area contributed by atoms with Crippen LogP contribution in [0.15, 0.2) is 49.7 Å². The first-order chi connectivity index (χ1) is 7.31. The Bertz CT molecular complexity index is 374. The zero-order valence-corrected chi connectivity index (χ0v) is 8.66. The molecule has 1 aliphatic heterocycles. The molecule has 0 aliphatic carbocycles. The van der Waals surface area contributed by atoms with Crippen LogP contribution < -0.4 is 9.47 Å². The normalized spacial score (nSPS) is 10.9. The average molecular weight is 202 g/mol. The summed E-state index contributed by atoms with van der Waals surface area (Å²) >= 11 is 0. The summed E-state index contributed by atoms with van der Waals surface area (Å²) in [6.45, 7) is 10.3. The van der Waals surface area contributed by atoms with Crippen molar-refractivity contribution in [2.45, 2.75) is 6.42 Å². The lowest BCUT2D eigenvalue weighted by Gasteiger charge is -1.98. The number of fused-ring (bicyclic) bond motifs is 1. The van der Waals surface area contributed by atoms with Gasteiger partial charge in [-0.3, -0.25) is 0 Å². The Morgan fingerprint density at radius 2 is 1.93 bits per heavy atom. The van der Waals surface area contributed by atoms with E-state index >= 15 is 0 Å². The highest BCUT2D eigenvalue weighted by molar-refractivity contribution is 5.44.